The van der Waals surface area contributed by atoms with Gasteiger partial charge in [-0.05, 0) is 35.8 Å². The largest absolute Gasteiger partial charge is 0.478 e. The highest BCUT2D eigenvalue weighted by Gasteiger charge is 2.37. The summed E-state index contributed by atoms with van der Waals surface area (Å²) in [5.41, 5.74) is 2.76. The molecule has 84 valence electrons. The van der Waals surface area contributed by atoms with Gasteiger partial charge in [-0.15, -0.1) is 0 Å². The summed E-state index contributed by atoms with van der Waals surface area (Å²) in [7, 11) is 0. The third-order valence-electron chi connectivity index (χ3n) is 3.86. The van der Waals surface area contributed by atoms with Gasteiger partial charge in [0.15, 0.2) is 0 Å². The SMILES string of the molecule is O=C(O)C1=C2CNCC2CC2CC=CC=C12. The third-order valence-corrected chi connectivity index (χ3v) is 3.86. The number of hydrogen-bond donors (Lipinski definition) is 2. The van der Waals surface area contributed by atoms with Crippen LogP contribution in [-0.2, 0) is 4.79 Å². The van der Waals surface area contributed by atoms with Crippen molar-refractivity contribution in [2.75, 3.05) is 13.1 Å². The Morgan fingerprint density at radius 2 is 2.31 bits per heavy atom. The van der Waals surface area contributed by atoms with E-state index in [0.29, 0.717) is 17.4 Å². The van der Waals surface area contributed by atoms with Crippen molar-refractivity contribution in [3.63, 3.8) is 0 Å². The average molecular weight is 217 g/mol. The molecule has 0 aromatic carbocycles. The maximum absolute atomic E-state index is 11.4. The van der Waals surface area contributed by atoms with E-state index in [0.717, 1.165) is 37.1 Å². The molecular weight excluding hydrogens is 202 g/mol. The predicted octanol–water partition coefficient (Wildman–Crippen LogP) is 1.49. The normalized spacial score (nSPS) is 32.1. The lowest BCUT2D eigenvalue weighted by atomic mass is 9.72. The fourth-order valence-electron chi connectivity index (χ4n) is 3.14. The Morgan fingerprint density at radius 1 is 1.44 bits per heavy atom. The Bertz CT molecular complexity index is 431. The van der Waals surface area contributed by atoms with Crippen molar-refractivity contribution in [2.24, 2.45) is 11.8 Å². The van der Waals surface area contributed by atoms with Gasteiger partial charge in [-0.25, -0.2) is 4.79 Å². The van der Waals surface area contributed by atoms with Crippen LogP contribution in [0.2, 0.25) is 0 Å². The Morgan fingerprint density at radius 3 is 3.12 bits per heavy atom. The van der Waals surface area contributed by atoms with Gasteiger partial charge in [0.1, 0.15) is 0 Å². The van der Waals surface area contributed by atoms with Crippen molar-refractivity contribution in [3.8, 4) is 0 Å². The molecule has 3 nitrogen and oxygen atoms in total. The first-order valence-electron chi connectivity index (χ1n) is 5.81. The molecule has 3 rings (SSSR count). The fourth-order valence-corrected chi connectivity index (χ4v) is 3.14. The highest BCUT2D eigenvalue weighted by Crippen LogP contribution is 2.42. The van der Waals surface area contributed by atoms with E-state index in [9.17, 15) is 9.90 Å². The quantitative estimate of drug-likeness (QED) is 0.699. The molecule has 2 atom stereocenters. The number of allylic oxidation sites excluding steroid dienone is 3. The van der Waals surface area contributed by atoms with Gasteiger partial charge in [-0.3, -0.25) is 0 Å². The van der Waals surface area contributed by atoms with Gasteiger partial charge in [-0.2, -0.15) is 0 Å². The van der Waals surface area contributed by atoms with Crippen molar-refractivity contribution in [1.29, 1.82) is 0 Å². The molecule has 0 bridgehead atoms. The van der Waals surface area contributed by atoms with Crippen LogP contribution < -0.4 is 5.32 Å². The number of hydrogen-bond acceptors (Lipinski definition) is 2. The molecule has 0 radical (unpaired) electrons. The zero-order valence-electron chi connectivity index (χ0n) is 9.07. The Hall–Kier alpha value is -1.35. The van der Waals surface area contributed by atoms with E-state index in [1.54, 1.807) is 0 Å². The summed E-state index contributed by atoms with van der Waals surface area (Å²) in [6.45, 7) is 1.69. The van der Waals surface area contributed by atoms with Crippen molar-refractivity contribution in [3.05, 3.63) is 34.9 Å². The lowest BCUT2D eigenvalue weighted by Crippen LogP contribution is -2.25. The van der Waals surface area contributed by atoms with E-state index in [-0.39, 0.29) is 0 Å². The van der Waals surface area contributed by atoms with Crippen LogP contribution in [0.25, 0.3) is 0 Å². The van der Waals surface area contributed by atoms with Crippen LogP contribution in [0.5, 0.6) is 0 Å². The Labute approximate surface area is 94.5 Å². The summed E-state index contributed by atoms with van der Waals surface area (Å²) >= 11 is 0. The number of carboxylic acid groups (broad SMARTS) is 1. The zero-order valence-corrected chi connectivity index (χ0v) is 9.07. The smallest absolute Gasteiger partial charge is 0.335 e. The summed E-state index contributed by atoms with van der Waals surface area (Å²) < 4.78 is 0. The summed E-state index contributed by atoms with van der Waals surface area (Å²) in [5, 5.41) is 12.7. The van der Waals surface area contributed by atoms with Crippen LogP contribution in [0.4, 0.5) is 0 Å². The number of rotatable bonds is 1. The fraction of sp³-hybridized carbons (Fsp3) is 0.462. The summed E-state index contributed by atoms with van der Waals surface area (Å²) in [6, 6.07) is 0. The van der Waals surface area contributed by atoms with Crippen LogP contribution in [0.1, 0.15) is 12.8 Å². The van der Waals surface area contributed by atoms with E-state index in [1.807, 2.05) is 12.2 Å². The van der Waals surface area contributed by atoms with E-state index >= 15 is 0 Å². The first-order valence-corrected chi connectivity index (χ1v) is 5.81. The molecular formula is C13H15NO2. The highest BCUT2D eigenvalue weighted by molar-refractivity contribution is 5.94. The maximum atomic E-state index is 11.4. The first kappa shape index (κ1) is 9.85. The molecule has 3 heteroatoms. The second kappa shape index (κ2) is 3.59. The molecule has 0 saturated carbocycles. The second-order valence-corrected chi connectivity index (χ2v) is 4.75. The van der Waals surface area contributed by atoms with Crippen LogP contribution in [0, 0.1) is 11.8 Å². The van der Waals surface area contributed by atoms with Gasteiger partial charge >= 0.3 is 5.97 Å². The first-order chi connectivity index (χ1) is 7.77. The molecule has 1 heterocycles. The van der Waals surface area contributed by atoms with E-state index in [2.05, 4.69) is 11.4 Å². The minimum atomic E-state index is -0.755. The molecule has 1 aliphatic heterocycles. The van der Waals surface area contributed by atoms with Crippen LogP contribution in [0.3, 0.4) is 0 Å². The predicted molar refractivity (Wildman–Crippen MR) is 61.0 cm³/mol. The number of carboxylic acids is 1. The standard InChI is InChI=1S/C13H15NO2/c15-13(16)12-10-4-2-1-3-8(10)5-9-6-14-7-11(9)12/h1-2,4,8-9,14H,3,5-7H2,(H,15,16). The van der Waals surface area contributed by atoms with Gasteiger partial charge < -0.3 is 10.4 Å². The molecule has 1 saturated heterocycles. The molecule has 16 heavy (non-hydrogen) atoms. The lowest BCUT2D eigenvalue weighted by Gasteiger charge is -2.31. The third kappa shape index (κ3) is 1.35. The minimum absolute atomic E-state index is 0.421. The zero-order chi connectivity index (χ0) is 11.1. The molecule has 0 aromatic rings. The molecule has 2 N–H and O–H groups in total. The van der Waals surface area contributed by atoms with Crippen LogP contribution >= 0.6 is 0 Å². The van der Waals surface area contributed by atoms with Crippen LogP contribution in [-0.4, -0.2) is 24.2 Å². The van der Waals surface area contributed by atoms with E-state index < -0.39 is 5.97 Å². The topological polar surface area (TPSA) is 49.3 Å². The lowest BCUT2D eigenvalue weighted by molar-refractivity contribution is -0.132. The van der Waals surface area contributed by atoms with Crippen molar-refractivity contribution >= 4 is 5.97 Å². The second-order valence-electron chi connectivity index (χ2n) is 4.75. The van der Waals surface area contributed by atoms with Gasteiger partial charge in [0.25, 0.3) is 0 Å². The Kier molecular flexibility index (Phi) is 2.21. The van der Waals surface area contributed by atoms with Crippen molar-refractivity contribution < 1.29 is 9.90 Å². The van der Waals surface area contributed by atoms with Gasteiger partial charge in [0.2, 0.25) is 0 Å². The monoisotopic (exact) mass is 217 g/mol. The highest BCUT2D eigenvalue weighted by atomic mass is 16.4. The van der Waals surface area contributed by atoms with Gasteiger partial charge in [0, 0.05) is 13.1 Å². The minimum Gasteiger partial charge on any atom is -0.478 e. The average Bonchev–Trinajstić information content (AvgIpc) is 2.72. The molecule has 2 unspecified atom stereocenters. The van der Waals surface area contributed by atoms with Crippen molar-refractivity contribution in [2.45, 2.75) is 12.8 Å². The number of aliphatic carboxylic acids is 1. The molecule has 0 spiro atoms. The number of fused-ring (bicyclic) bond motifs is 2. The summed E-state index contributed by atoms with van der Waals surface area (Å²) in [4.78, 5) is 11.4. The molecule has 3 aliphatic rings. The summed E-state index contributed by atoms with van der Waals surface area (Å²) in [6.07, 6.45) is 8.21. The summed E-state index contributed by atoms with van der Waals surface area (Å²) in [5.74, 6) is 0.111. The Balaban J connectivity index is 2.13. The number of carbonyl (C=O) groups is 1. The molecule has 2 aliphatic carbocycles. The van der Waals surface area contributed by atoms with Gasteiger partial charge in [-0.1, -0.05) is 18.2 Å². The molecule has 0 amide bonds. The molecule has 0 aromatic heterocycles. The van der Waals surface area contributed by atoms with E-state index in [1.165, 1.54) is 0 Å². The number of nitrogens with one attached hydrogen (secondary N) is 1. The van der Waals surface area contributed by atoms with E-state index in [4.69, 9.17) is 0 Å². The maximum Gasteiger partial charge on any atom is 0.335 e. The van der Waals surface area contributed by atoms with Crippen LogP contribution in [0.15, 0.2) is 34.9 Å². The molecule has 1 fully saturated rings. The van der Waals surface area contributed by atoms with Crippen molar-refractivity contribution in [1.82, 2.24) is 5.32 Å². The van der Waals surface area contributed by atoms with Gasteiger partial charge in [0.05, 0.1) is 5.57 Å².